The second-order valence-electron chi connectivity index (χ2n) is 4.40. The molecular formula is C15H10N6O2. The standard InChI is InChI=1S/C15H10N6O2/c16-3-5-22-12-2-1-10(7-13(12)23-6-4-17)14-20-11-8-18-9-19-15(11)21-14/h1-2,7-9H,5-6H2,(H,18,19,20,21). The number of hydrogen-bond acceptors (Lipinski definition) is 7. The Bertz CT molecular complexity index is 889. The van der Waals surface area contributed by atoms with Gasteiger partial charge in [-0.25, -0.2) is 15.0 Å². The Morgan fingerprint density at radius 3 is 2.61 bits per heavy atom. The number of fused-ring (bicyclic) bond motifs is 1. The zero-order valence-corrected chi connectivity index (χ0v) is 11.9. The molecule has 1 aromatic carbocycles. The summed E-state index contributed by atoms with van der Waals surface area (Å²) >= 11 is 0. The largest absolute Gasteiger partial charge is 0.475 e. The Morgan fingerprint density at radius 1 is 1.09 bits per heavy atom. The van der Waals surface area contributed by atoms with E-state index < -0.39 is 0 Å². The van der Waals surface area contributed by atoms with Crippen LogP contribution in [0, 0.1) is 22.7 Å². The molecule has 0 spiro atoms. The van der Waals surface area contributed by atoms with Crippen LogP contribution in [0.25, 0.3) is 22.6 Å². The Balaban J connectivity index is 1.99. The summed E-state index contributed by atoms with van der Waals surface area (Å²) in [7, 11) is 0. The van der Waals surface area contributed by atoms with Crippen molar-refractivity contribution in [1.82, 2.24) is 19.9 Å². The van der Waals surface area contributed by atoms with Crippen molar-refractivity contribution in [2.24, 2.45) is 0 Å². The molecule has 23 heavy (non-hydrogen) atoms. The van der Waals surface area contributed by atoms with Gasteiger partial charge in [-0.3, -0.25) is 0 Å². The van der Waals surface area contributed by atoms with E-state index in [-0.39, 0.29) is 13.2 Å². The van der Waals surface area contributed by atoms with E-state index in [1.165, 1.54) is 6.33 Å². The van der Waals surface area contributed by atoms with Crippen LogP contribution >= 0.6 is 0 Å². The van der Waals surface area contributed by atoms with E-state index in [0.717, 1.165) is 5.56 Å². The molecule has 0 saturated heterocycles. The monoisotopic (exact) mass is 306 g/mol. The molecule has 8 nitrogen and oxygen atoms in total. The molecule has 0 fully saturated rings. The van der Waals surface area contributed by atoms with Crippen LogP contribution in [0.15, 0.2) is 30.7 Å². The maximum absolute atomic E-state index is 8.67. The van der Waals surface area contributed by atoms with Crippen LogP contribution in [-0.2, 0) is 0 Å². The topological polar surface area (TPSA) is 120 Å². The van der Waals surface area contributed by atoms with E-state index in [1.807, 2.05) is 12.1 Å². The molecule has 0 bridgehead atoms. The van der Waals surface area contributed by atoms with Crippen LogP contribution in [0.5, 0.6) is 11.5 Å². The molecule has 0 atom stereocenters. The number of nitriles is 2. The molecule has 0 aliphatic rings. The molecular weight excluding hydrogens is 296 g/mol. The Labute approximate surface area is 131 Å². The zero-order valence-electron chi connectivity index (χ0n) is 11.9. The summed E-state index contributed by atoms with van der Waals surface area (Å²) in [5, 5.41) is 17.3. The number of ether oxygens (including phenoxy) is 2. The van der Waals surface area contributed by atoms with Crippen LogP contribution in [-0.4, -0.2) is 33.1 Å². The molecule has 0 amide bonds. The minimum Gasteiger partial charge on any atom is -0.475 e. The fourth-order valence-corrected chi connectivity index (χ4v) is 2.01. The molecule has 0 aliphatic carbocycles. The molecule has 0 aliphatic heterocycles. The third-order valence-electron chi connectivity index (χ3n) is 2.96. The third kappa shape index (κ3) is 3.01. The van der Waals surface area contributed by atoms with Gasteiger partial charge in [0, 0.05) is 5.56 Å². The van der Waals surface area contributed by atoms with E-state index >= 15 is 0 Å². The van der Waals surface area contributed by atoms with Gasteiger partial charge in [-0.1, -0.05) is 0 Å². The number of nitrogens with zero attached hydrogens (tertiary/aromatic N) is 5. The van der Waals surface area contributed by atoms with Crippen LogP contribution in [0.3, 0.4) is 0 Å². The highest BCUT2D eigenvalue weighted by Crippen LogP contribution is 2.32. The second-order valence-corrected chi connectivity index (χ2v) is 4.40. The predicted molar refractivity (Wildman–Crippen MR) is 79.3 cm³/mol. The number of H-pyrrole nitrogens is 1. The van der Waals surface area contributed by atoms with Crippen LogP contribution in [0.4, 0.5) is 0 Å². The highest BCUT2D eigenvalue weighted by molar-refractivity contribution is 5.75. The third-order valence-corrected chi connectivity index (χ3v) is 2.96. The molecule has 0 unspecified atom stereocenters. The van der Waals surface area contributed by atoms with Crippen molar-refractivity contribution < 1.29 is 9.47 Å². The summed E-state index contributed by atoms with van der Waals surface area (Å²) in [6, 6.07) is 8.91. The van der Waals surface area contributed by atoms with Gasteiger partial charge in [0.15, 0.2) is 30.4 Å². The number of aromatic amines is 1. The number of nitrogens with one attached hydrogen (secondary N) is 1. The van der Waals surface area contributed by atoms with Crippen LogP contribution < -0.4 is 9.47 Å². The van der Waals surface area contributed by atoms with Gasteiger partial charge in [-0.05, 0) is 18.2 Å². The summed E-state index contributed by atoms with van der Waals surface area (Å²) in [5.41, 5.74) is 2.01. The van der Waals surface area contributed by atoms with Crippen molar-refractivity contribution in [3.8, 4) is 35.0 Å². The highest BCUT2D eigenvalue weighted by atomic mass is 16.5. The summed E-state index contributed by atoms with van der Waals surface area (Å²) in [6.07, 6.45) is 3.05. The maximum Gasteiger partial charge on any atom is 0.174 e. The normalized spacial score (nSPS) is 10.0. The Morgan fingerprint density at radius 2 is 1.87 bits per heavy atom. The van der Waals surface area contributed by atoms with Gasteiger partial charge in [0.1, 0.15) is 29.8 Å². The van der Waals surface area contributed by atoms with Crippen molar-refractivity contribution >= 4 is 11.2 Å². The highest BCUT2D eigenvalue weighted by Gasteiger charge is 2.11. The van der Waals surface area contributed by atoms with Crippen molar-refractivity contribution in [3.63, 3.8) is 0 Å². The second kappa shape index (κ2) is 6.41. The minimum absolute atomic E-state index is 0.109. The van der Waals surface area contributed by atoms with Gasteiger partial charge in [-0.2, -0.15) is 10.5 Å². The summed E-state index contributed by atoms with van der Waals surface area (Å²) < 4.78 is 10.6. The average molecular weight is 306 g/mol. The van der Waals surface area contributed by atoms with Gasteiger partial charge in [0.25, 0.3) is 0 Å². The van der Waals surface area contributed by atoms with Gasteiger partial charge in [0.2, 0.25) is 0 Å². The van der Waals surface area contributed by atoms with Gasteiger partial charge in [0.05, 0.1) is 6.20 Å². The number of benzene rings is 1. The maximum atomic E-state index is 8.67. The van der Waals surface area contributed by atoms with Gasteiger partial charge in [-0.15, -0.1) is 0 Å². The first kappa shape index (κ1) is 14.3. The number of aromatic nitrogens is 4. The lowest BCUT2D eigenvalue weighted by molar-refractivity contribution is 0.313. The average Bonchev–Trinajstić information content (AvgIpc) is 3.02. The summed E-state index contributed by atoms with van der Waals surface area (Å²) in [6.45, 7) is -0.236. The molecule has 3 rings (SSSR count). The molecule has 3 aromatic rings. The Hall–Kier alpha value is -3.65. The molecule has 2 heterocycles. The molecule has 0 saturated carbocycles. The Kier molecular flexibility index (Phi) is 3.99. The predicted octanol–water partition coefficient (Wildman–Crippen LogP) is 1.82. The lowest BCUT2D eigenvalue weighted by Crippen LogP contribution is -2.00. The first-order chi connectivity index (χ1) is 11.3. The van der Waals surface area contributed by atoms with Crippen molar-refractivity contribution in [2.45, 2.75) is 0 Å². The quantitative estimate of drug-likeness (QED) is 0.763. The smallest absolute Gasteiger partial charge is 0.174 e. The van der Waals surface area contributed by atoms with E-state index in [0.29, 0.717) is 28.5 Å². The molecule has 0 radical (unpaired) electrons. The van der Waals surface area contributed by atoms with Crippen LogP contribution in [0.1, 0.15) is 0 Å². The number of rotatable bonds is 5. The first-order valence-electron chi connectivity index (χ1n) is 6.61. The van der Waals surface area contributed by atoms with E-state index in [9.17, 15) is 0 Å². The van der Waals surface area contributed by atoms with Gasteiger partial charge < -0.3 is 14.5 Å². The SMILES string of the molecule is N#CCOc1ccc(-c2nc3cncnc3[nH]2)cc1OCC#N. The first-order valence-corrected chi connectivity index (χ1v) is 6.61. The minimum atomic E-state index is -0.127. The van der Waals surface area contributed by atoms with Crippen molar-refractivity contribution in [2.75, 3.05) is 13.2 Å². The van der Waals surface area contributed by atoms with Crippen molar-refractivity contribution in [3.05, 3.63) is 30.7 Å². The fourth-order valence-electron chi connectivity index (χ4n) is 2.01. The molecule has 8 heteroatoms. The molecule has 2 aromatic heterocycles. The molecule has 1 N–H and O–H groups in total. The van der Waals surface area contributed by atoms with E-state index in [4.69, 9.17) is 20.0 Å². The van der Waals surface area contributed by atoms with E-state index in [2.05, 4.69) is 19.9 Å². The van der Waals surface area contributed by atoms with Crippen LogP contribution in [0.2, 0.25) is 0 Å². The summed E-state index contributed by atoms with van der Waals surface area (Å²) in [4.78, 5) is 15.5. The molecule has 112 valence electrons. The lowest BCUT2D eigenvalue weighted by Gasteiger charge is -2.10. The van der Waals surface area contributed by atoms with E-state index in [1.54, 1.807) is 24.4 Å². The fraction of sp³-hybridized carbons (Fsp3) is 0.133. The van der Waals surface area contributed by atoms with Crippen molar-refractivity contribution in [1.29, 1.82) is 10.5 Å². The lowest BCUT2D eigenvalue weighted by atomic mass is 10.2. The number of hydrogen-bond donors (Lipinski definition) is 1. The zero-order chi connectivity index (χ0) is 16.1. The summed E-state index contributed by atoms with van der Waals surface area (Å²) in [5.74, 6) is 1.35. The van der Waals surface area contributed by atoms with Gasteiger partial charge >= 0.3 is 0 Å². The number of imidazole rings is 1.